The van der Waals surface area contributed by atoms with Crippen LogP contribution in [0.2, 0.25) is 12.1 Å². The Morgan fingerprint density at radius 2 is 1.11 bits per heavy atom. The van der Waals surface area contributed by atoms with Gasteiger partial charge < -0.3 is 33.9 Å². The van der Waals surface area contributed by atoms with Crippen LogP contribution in [0.25, 0.3) is 0 Å². The molecule has 2 heterocycles. The van der Waals surface area contributed by atoms with Crippen LogP contribution in [0.4, 0.5) is 0 Å². The lowest BCUT2D eigenvalue weighted by atomic mass is 10.3. The summed E-state index contributed by atoms with van der Waals surface area (Å²) in [6, 6.07) is -0.0287. The highest BCUT2D eigenvalue weighted by molar-refractivity contribution is 6.56. The molecule has 2 aromatic rings. The third kappa shape index (κ3) is 9.18. The maximum atomic E-state index is 10.3. The summed E-state index contributed by atoms with van der Waals surface area (Å²) >= 11 is 0. The summed E-state index contributed by atoms with van der Waals surface area (Å²) in [7, 11) is -7.98. The molecule has 2 rings (SSSR count). The minimum Gasteiger partial charge on any atom is -0.390 e. The van der Waals surface area contributed by atoms with Crippen LogP contribution in [0.15, 0.2) is 37.4 Å². The van der Waals surface area contributed by atoms with Crippen LogP contribution in [0, 0.1) is 0 Å². The molecule has 28 heavy (non-hydrogen) atoms. The molecule has 0 aliphatic rings. The number of rotatable bonds is 12. The molecule has 0 spiro atoms. The van der Waals surface area contributed by atoms with Crippen molar-refractivity contribution in [2.24, 2.45) is 0 Å². The van der Waals surface area contributed by atoms with Crippen LogP contribution >= 0.6 is 0 Å². The second kappa shape index (κ2) is 9.86. The van der Waals surface area contributed by atoms with Gasteiger partial charge in [-0.25, -0.2) is 18.3 Å². The first kappa shape index (κ1) is 22.9. The Bertz CT molecular complexity index is 666. The van der Waals surface area contributed by atoms with Crippen molar-refractivity contribution in [3.63, 3.8) is 0 Å². The zero-order valence-corrected chi connectivity index (χ0v) is 17.6. The molecule has 0 aliphatic carbocycles. The van der Waals surface area contributed by atoms with Crippen LogP contribution < -0.4 is 9.13 Å². The van der Waals surface area contributed by atoms with Crippen molar-refractivity contribution in [3.05, 3.63) is 37.4 Å². The van der Waals surface area contributed by atoms with Gasteiger partial charge in [0.25, 0.3) is 0 Å². The van der Waals surface area contributed by atoms with Gasteiger partial charge in [-0.2, -0.15) is 0 Å². The fourth-order valence-corrected chi connectivity index (χ4v) is 4.16. The van der Waals surface area contributed by atoms with Crippen molar-refractivity contribution < 1.29 is 43.0 Å². The van der Waals surface area contributed by atoms with E-state index < -0.39 is 23.7 Å². The van der Waals surface area contributed by atoms with E-state index in [-0.39, 0.29) is 12.1 Å². The van der Waals surface area contributed by atoms with Gasteiger partial charge >= 0.3 is 17.6 Å². The number of aliphatic hydroxyl groups excluding tert-OH is 1. The predicted octanol–water partition coefficient (Wildman–Crippen LogP) is -3.46. The first-order valence-electron chi connectivity index (χ1n) is 9.12. The summed E-state index contributed by atoms with van der Waals surface area (Å²) in [5, 5.41) is 10.3. The van der Waals surface area contributed by atoms with E-state index >= 15 is 0 Å². The van der Waals surface area contributed by atoms with E-state index in [1.165, 1.54) is 0 Å². The first-order chi connectivity index (χ1) is 13.0. The van der Waals surface area contributed by atoms with Crippen molar-refractivity contribution in [3.8, 4) is 0 Å². The number of hydrogen-bond acceptors (Lipinski definition) is 7. The van der Waals surface area contributed by atoms with E-state index in [1.54, 1.807) is 0 Å². The molecule has 13 heteroatoms. The van der Waals surface area contributed by atoms with E-state index in [0.717, 1.165) is 0 Å². The minimum absolute atomic E-state index is 0.0144. The van der Waals surface area contributed by atoms with Crippen LogP contribution in [0.3, 0.4) is 0 Å². The van der Waals surface area contributed by atoms with Crippen LogP contribution in [-0.2, 0) is 26.2 Å². The standard InChI is InChI=1S/C15H30N4O7Si2/c20-15(11-18-7-5-16(13-18)3-1-9-27(21,22)23)12-19-8-6-17(14-19)4-2-10-28(24,25)26/h5-8,13-15,20-26H,1-4,9-12H2/q+2. The minimum atomic E-state index is -3.99. The molecular weight excluding hydrogens is 404 g/mol. The molecule has 2 aromatic heterocycles. The van der Waals surface area contributed by atoms with Crippen molar-refractivity contribution >= 4 is 17.6 Å². The van der Waals surface area contributed by atoms with Crippen molar-refractivity contribution in [1.82, 2.24) is 9.13 Å². The average molecular weight is 435 g/mol. The highest BCUT2D eigenvalue weighted by Gasteiger charge is 2.27. The maximum Gasteiger partial charge on any atom is 0.492 e. The van der Waals surface area contributed by atoms with E-state index in [2.05, 4.69) is 0 Å². The Balaban J connectivity index is 1.74. The predicted molar refractivity (Wildman–Crippen MR) is 98.9 cm³/mol. The summed E-state index contributed by atoms with van der Waals surface area (Å²) in [6.45, 7) is 1.85. The van der Waals surface area contributed by atoms with Gasteiger partial charge in [-0.15, -0.1) is 0 Å². The van der Waals surface area contributed by atoms with Crippen molar-refractivity contribution in [2.75, 3.05) is 0 Å². The van der Waals surface area contributed by atoms with Gasteiger partial charge in [0.15, 0.2) is 0 Å². The van der Waals surface area contributed by atoms with Crippen molar-refractivity contribution in [1.29, 1.82) is 0 Å². The second-order valence-electron chi connectivity index (χ2n) is 7.11. The van der Waals surface area contributed by atoms with Crippen LogP contribution in [-0.4, -0.2) is 66.7 Å². The van der Waals surface area contributed by atoms with E-state index in [9.17, 15) is 5.11 Å². The number of hydrogen-bond donors (Lipinski definition) is 7. The fourth-order valence-electron chi connectivity index (χ4n) is 2.90. The Hall–Kier alpha value is -1.43. The van der Waals surface area contributed by atoms with Crippen LogP contribution in [0.1, 0.15) is 12.8 Å². The van der Waals surface area contributed by atoms with Crippen molar-refractivity contribution in [2.45, 2.75) is 57.2 Å². The summed E-state index contributed by atoms with van der Waals surface area (Å²) < 4.78 is 7.36. The topological polar surface area (TPSA) is 159 Å². The van der Waals surface area contributed by atoms with E-state index in [1.807, 2.05) is 55.7 Å². The zero-order valence-electron chi connectivity index (χ0n) is 15.6. The Labute approximate surface area is 165 Å². The lowest BCUT2D eigenvalue weighted by molar-refractivity contribution is -0.737. The molecule has 11 nitrogen and oxygen atoms in total. The molecule has 0 bridgehead atoms. The molecule has 0 saturated carbocycles. The highest BCUT2D eigenvalue weighted by Crippen LogP contribution is 2.04. The quantitative estimate of drug-likeness (QED) is 0.135. The molecule has 0 fully saturated rings. The largest absolute Gasteiger partial charge is 0.492 e. The molecule has 0 amide bonds. The third-order valence-corrected chi connectivity index (χ3v) is 6.24. The first-order valence-corrected chi connectivity index (χ1v) is 13.2. The van der Waals surface area contributed by atoms with Gasteiger partial charge in [-0.1, -0.05) is 0 Å². The third-order valence-electron chi connectivity index (χ3n) is 4.19. The van der Waals surface area contributed by atoms with Gasteiger partial charge in [0, 0.05) is 12.1 Å². The molecule has 0 saturated heterocycles. The van der Waals surface area contributed by atoms with Gasteiger partial charge in [0.1, 0.15) is 44.0 Å². The number of aliphatic hydroxyl groups is 1. The molecule has 158 valence electrons. The normalized spacial score (nSPS) is 12.9. The molecule has 0 unspecified atom stereocenters. The van der Waals surface area contributed by atoms with Gasteiger partial charge in [0.05, 0.1) is 13.1 Å². The van der Waals surface area contributed by atoms with E-state index in [0.29, 0.717) is 39.0 Å². The second-order valence-corrected chi connectivity index (χ2v) is 11.2. The summed E-state index contributed by atoms with van der Waals surface area (Å²) in [4.78, 5) is 54.1. The monoisotopic (exact) mass is 434 g/mol. The number of aryl methyl sites for hydroxylation is 2. The SMILES string of the molecule is OC(C[n+]1ccn(CCC[Si](O)(O)O)c1)C[n+]1ccn(CCC[Si](O)(O)O)c1. The molecule has 0 radical (unpaired) electrons. The van der Waals surface area contributed by atoms with E-state index in [4.69, 9.17) is 28.8 Å². The summed E-state index contributed by atoms with van der Waals surface area (Å²) in [6.07, 6.45) is 11.2. The van der Waals surface area contributed by atoms with Crippen LogP contribution in [0.5, 0.6) is 0 Å². The number of nitrogens with zero attached hydrogens (tertiary/aromatic N) is 4. The lowest BCUT2D eigenvalue weighted by Crippen LogP contribution is -2.46. The smallest absolute Gasteiger partial charge is 0.390 e. The Morgan fingerprint density at radius 1 is 0.714 bits per heavy atom. The highest BCUT2D eigenvalue weighted by atomic mass is 28.4. The molecule has 0 aliphatic heterocycles. The van der Waals surface area contributed by atoms with Gasteiger partial charge in [-0.05, 0) is 12.8 Å². The molecule has 7 N–H and O–H groups in total. The van der Waals surface area contributed by atoms with Gasteiger partial charge in [0.2, 0.25) is 12.7 Å². The number of imidazole rings is 2. The summed E-state index contributed by atoms with van der Waals surface area (Å²) in [5.74, 6) is 0. The summed E-state index contributed by atoms with van der Waals surface area (Å²) in [5.41, 5.74) is 0. The molecular formula is C15H30N4O7Si2+2. The Morgan fingerprint density at radius 3 is 1.46 bits per heavy atom. The number of aromatic nitrogens is 4. The Kier molecular flexibility index (Phi) is 8.05. The zero-order chi connectivity index (χ0) is 20.8. The lowest BCUT2D eigenvalue weighted by Gasteiger charge is -2.07. The fraction of sp³-hybridized carbons (Fsp3) is 0.600. The maximum absolute atomic E-state index is 10.3. The molecule has 0 atom stereocenters. The average Bonchev–Trinajstić information content (AvgIpc) is 3.14. The van der Waals surface area contributed by atoms with Gasteiger partial charge in [-0.3, -0.25) is 0 Å². The molecule has 0 aromatic carbocycles.